The second kappa shape index (κ2) is 7.80. The Labute approximate surface area is 178 Å². The zero-order valence-electron chi connectivity index (χ0n) is 16.5. The van der Waals surface area contributed by atoms with Crippen molar-refractivity contribution in [2.24, 2.45) is 0 Å². The number of aryl methyl sites for hydroxylation is 1. The number of hydrogen-bond donors (Lipinski definition) is 1. The van der Waals surface area contributed by atoms with E-state index in [4.69, 9.17) is 9.97 Å². The van der Waals surface area contributed by atoms with E-state index in [1.807, 2.05) is 71.1 Å². The van der Waals surface area contributed by atoms with Crippen molar-refractivity contribution in [2.75, 3.05) is 11.1 Å². The van der Waals surface area contributed by atoms with Crippen LogP contribution < -0.4 is 5.32 Å². The molecule has 0 spiro atoms. The van der Waals surface area contributed by atoms with Crippen molar-refractivity contribution in [2.45, 2.75) is 18.5 Å². The molecule has 0 bridgehead atoms. The van der Waals surface area contributed by atoms with E-state index >= 15 is 0 Å². The van der Waals surface area contributed by atoms with Gasteiger partial charge in [-0.15, -0.1) is 0 Å². The number of amides is 1. The third-order valence-electron chi connectivity index (χ3n) is 5.06. The number of rotatable bonds is 5. The van der Waals surface area contributed by atoms with Gasteiger partial charge in [-0.25, -0.2) is 9.97 Å². The van der Waals surface area contributed by atoms with Crippen LogP contribution in [-0.4, -0.2) is 26.0 Å². The zero-order chi connectivity index (χ0) is 20.5. The van der Waals surface area contributed by atoms with Gasteiger partial charge in [0.2, 0.25) is 5.91 Å². The number of anilines is 1. The number of fused-ring (bicyclic) bond motifs is 5. The molecule has 2 aromatic heterocycles. The molecule has 0 aliphatic heterocycles. The Morgan fingerprint density at radius 2 is 1.77 bits per heavy atom. The molecule has 0 fully saturated rings. The molecular formula is C24H20N4OS. The first-order valence-corrected chi connectivity index (χ1v) is 10.9. The summed E-state index contributed by atoms with van der Waals surface area (Å²) in [6.07, 6.45) is 0.936. The van der Waals surface area contributed by atoms with E-state index in [1.165, 1.54) is 17.3 Å². The largest absolute Gasteiger partial charge is 0.325 e. The maximum Gasteiger partial charge on any atom is 0.234 e. The lowest BCUT2D eigenvalue weighted by atomic mass is 10.1. The van der Waals surface area contributed by atoms with Crippen molar-refractivity contribution in [1.82, 2.24) is 14.4 Å². The summed E-state index contributed by atoms with van der Waals surface area (Å²) in [4.78, 5) is 22.3. The van der Waals surface area contributed by atoms with Crippen molar-refractivity contribution in [1.29, 1.82) is 0 Å². The number of aromatic nitrogens is 3. The van der Waals surface area contributed by atoms with E-state index in [9.17, 15) is 4.79 Å². The van der Waals surface area contributed by atoms with Crippen molar-refractivity contribution >= 4 is 50.9 Å². The first-order chi connectivity index (χ1) is 14.7. The Morgan fingerprint density at radius 3 is 2.63 bits per heavy atom. The minimum atomic E-state index is -0.0548. The third-order valence-corrected chi connectivity index (χ3v) is 6.00. The summed E-state index contributed by atoms with van der Waals surface area (Å²) in [5.41, 5.74) is 5.66. The number of carbonyl (C=O) groups excluding carboxylic acids is 1. The van der Waals surface area contributed by atoms with Crippen molar-refractivity contribution in [3.8, 4) is 0 Å². The minimum absolute atomic E-state index is 0.0548. The highest BCUT2D eigenvalue weighted by Gasteiger charge is 2.15. The number of imidazole rings is 1. The van der Waals surface area contributed by atoms with E-state index in [0.29, 0.717) is 0 Å². The van der Waals surface area contributed by atoms with Crippen LogP contribution in [0.3, 0.4) is 0 Å². The van der Waals surface area contributed by atoms with E-state index in [-0.39, 0.29) is 11.7 Å². The molecule has 2 heterocycles. The monoisotopic (exact) mass is 412 g/mol. The minimum Gasteiger partial charge on any atom is -0.325 e. The molecule has 0 aliphatic rings. The normalized spacial score (nSPS) is 11.4. The molecule has 0 saturated carbocycles. The van der Waals surface area contributed by atoms with Crippen LogP contribution >= 0.6 is 11.8 Å². The maximum absolute atomic E-state index is 12.6. The summed E-state index contributed by atoms with van der Waals surface area (Å²) in [7, 11) is 0. The molecule has 5 nitrogen and oxygen atoms in total. The van der Waals surface area contributed by atoms with Gasteiger partial charge in [0, 0.05) is 11.1 Å². The Kier molecular flexibility index (Phi) is 4.85. The highest BCUT2D eigenvalue weighted by molar-refractivity contribution is 7.99. The lowest BCUT2D eigenvalue weighted by Crippen LogP contribution is -2.14. The highest BCUT2D eigenvalue weighted by atomic mass is 32.2. The molecule has 5 rings (SSSR count). The van der Waals surface area contributed by atoms with E-state index in [0.717, 1.165) is 44.8 Å². The topological polar surface area (TPSA) is 59.3 Å². The van der Waals surface area contributed by atoms with Crippen LogP contribution in [0.15, 0.2) is 78.0 Å². The van der Waals surface area contributed by atoms with Crippen LogP contribution in [0.1, 0.15) is 12.5 Å². The van der Waals surface area contributed by atoms with Gasteiger partial charge in [0.1, 0.15) is 5.65 Å². The van der Waals surface area contributed by atoms with Crippen molar-refractivity contribution in [3.05, 3.63) is 78.4 Å². The van der Waals surface area contributed by atoms with Gasteiger partial charge >= 0.3 is 0 Å². The first-order valence-electron chi connectivity index (χ1n) is 9.90. The van der Waals surface area contributed by atoms with Gasteiger partial charge in [-0.05, 0) is 48.4 Å². The van der Waals surface area contributed by atoms with Crippen LogP contribution in [0.5, 0.6) is 0 Å². The van der Waals surface area contributed by atoms with Gasteiger partial charge in [-0.1, -0.05) is 55.1 Å². The second-order valence-electron chi connectivity index (χ2n) is 7.06. The van der Waals surface area contributed by atoms with Crippen LogP contribution in [-0.2, 0) is 11.2 Å². The number of carbonyl (C=O) groups is 1. The maximum atomic E-state index is 12.6. The number of thioether (sulfide) groups is 1. The predicted octanol–water partition coefficient (Wildman–Crippen LogP) is 5.33. The second-order valence-corrected chi connectivity index (χ2v) is 8.00. The summed E-state index contributed by atoms with van der Waals surface area (Å²) in [6, 6.07) is 23.9. The number of para-hydroxylation sites is 3. The van der Waals surface area contributed by atoms with Crippen LogP contribution in [0, 0.1) is 0 Å². The third kappa shape index (κ3) is 3.39. The molecule has 5 aromatic rings. The summed E-state index contributed by atoms with van der Waals surface area (Å²) in [6.45, 7) is 2.10. The van der Waals surface area contributed by atoms with Gasteiger partial charge < -0.3 is 5.32 Å². The molecular weight excluding hydrogens is 392 g/mol. The fourth-order valence-electron chi connectivity index (χ4n) is 3.61. The molecule has 0 aliphatic carbocycles. The van der Waals surface area contributed by atoms with Gasteiger partial charge in [0.15, 0.2) is 5.16 Å². The Balaban J connectivity index is 1.49. The summed E-state index contributed by atoms with van der Waals surface area (Å²) in [5, 5.41) is 4.75. The number of nitrogens with one attached hydrogen (secondary N) is 1. The van der Waals surface area contributed by atoms with Gasteiger partial charge in [0.05, 0.1) is 22.3 Å². The molecule has 30 heavy (non-hydrogen) atoms. The summed E-state index contributed by atoms with van der Waals surface area (Å²) in [5.74, 6) is 0.212. The number of hydrogen-bond acceptors (Lipinski definition) is 4. The van der Waals surface area contributed by atoms with E-state index in [1.54, 1.807) is 0 Å². The average molecular weight is 413 g/mol. The molecule has 1 N–H and O–H groups in total. The standard InChI is InChI=1S/C24H20N4OS/c1-2-16-8-7-9-17(14-16)25-22(29)15-30-24-27-19-11-4-3-10-18(19)23-26-20-12-5-6-13-21(20)28(23)24/h3-14H,2,15H2,1H3,(H,25,29). The van der Waals surface area contributed by atoms with Crippen LogP contribution in [0.2, 0.25) is 0 Å². The molecule has 1 amide bonds. The molecule has 6 heteroatoms. The van der Waals surface area contributed by atoms with Gasteiger partial charge in [-0.3, -0.25) is 9.20 Å². The van der Waals surface area contributed by atoms with Gasteiger partial charge in [0.25, 0.3) is 0 Å². The lowest BCUT2D eigenvalue weighted by molar-refractivity contribution is -0.113. The van der Waals surface area contributed by atoms with Crippen LogP contribution in [0.25, 0.3) is 27.6 Å². The van der Waals surface area contributed by atoms with Crippen LogP contribution in [0.4, 0.5) is 5.69 Å². The van der Waals surface area contributed by atoms with Gasteiger partial charge in [-0.2, -0.15) is 0 Å². The summed E-state index contributed by atoms with van der Waals surface area (Å²) >= 11 is 1.42. The Bertz CT molecular complexity index is 1390. The average Bonchev–Trinajstić information content (AvgIpc) is 3.18. The molecule has 148 valence electrons. The van der Waals surface area contributed by atoms with E-state index < -0.39 is 0 Å². The fourth-order valence-corrected chi connectivity index (χ4v) is 4.42. The lowest BCUT2D eigenvalue weighted by Gasteiger charge is -2.09. The molecule has 0 radical (unpaired) electrons. The number of nitrogens with zero attached hydrogens (tertiary/aromatic N) is 3. The molecule has 0 atom stereocenters. The Morgan fingerprint density at radius 1 is 0.967 bits per heavy atom. The predicted molar refractivity (Wildman–Crippen MR) is 123 cm³/mol. The Hall–Kier alpha value is -3.38. The SMILES string of the molecule is CCc1cccc(NC(=O)CSc2nc3ccccc3c3nc4ccccc4n23)c1. The smallest absolute Gasteiger partial charge is 0.234 e. The molecule has 0 unspecified atom stereocenters. The van der Waals surface area contributed by atoms with Crippen molar-refractivity contribution in [3.63, 3.8) is 0 Å². The molecule has 3 aromatic carbocycles. The van der Waals surface area contributed by atoms with E-state index in [2.05, 4.69) is 18.3 Å². The zero-order valence-corrected chi connectivity index (χ0v) is 17.3. The number of benzene rings is 3. The molecule has 0 saturated heterocycles. The first kappa shape index (κ1) is 18.6. The van der Waals surface area contributed by atoms with Crippen molar-refractivity contribution < 1.29 is 4.79 Å². The summed E-state index contributed by atoms with van der Waals surface area (Å²) < 4.78 is 2.05. The quantitative estimate of drug-likeness (QED) is 0.313. The highest BCUT2D eigenvalue weighted by Crippen LogP contribution is 2.29. The fraction of sp³-hybridized carbons (Fsp3) is 0.125.